The van der Waals surface area contributed by atoms with Crippen molar-refractivity contribution >= 4 is 5.69 Å². The molecule has 2 aromatic rings. The molecule has 5 heteroatoms. The molecule has 5 nitrogen and oxygen atoms in total. The van der Waals surface area contributed by atoms with Crippen LogP contribution in [0.3, 0.4) is 0 Å². The Morgan fingerprint density at radius 3 is 2.81 bits per heavy atom. The van der Waals surface area contributed by atoms with Crippen LogP contribution < -0.4 is 11.3 Å². The Bertz CT molecular complexity index is 589. The number of pyridine rings is 1. The van der Waals surface area contributed by atoms with E-state index in [-0.39, 0.29) is 11.2 Å². The molecule has 0 spiro atoms. The summed E-state index contributed by atoms with van der Waals surface area (Å²) in [5, 5.41) is 0. The highest BCUT2D eigenvalue weighted by molar-refractivity contribution is 5.64. The van der Waals surface area contributed by atoms with Gasteiger partial charge in [-0.2, -0.15) is 0 Å². The lowest BCUT2D eigenvalue weighted by atomic mass is 10.1. The molecule has 3 N–H and O–H groups in total. The average Bonchev–Trinajstić information content (AvgIpc) is 2.26. The molecule has 0 atom stereocenters. The van der Waals surface area contributed by atoms with Crippen LogP contribution >= 0.6 is 0 Å². The lowest BCUT2D eigenvalue weighted by Gasteiger charge is -2.05. The predicted molar refractivity (Wildman–Crippen MR) is 62.0 cm³/mol. The molecule has 0 amide bonds. The maximum Gasteiger partial charge on any atom is 0.271 e. The minimum atomic E-state index is -0.290. The molecule has 2 heterocycles. The van der Waals surface area contributed by atoms with Crippen LogP contribution in [-0.4, -0.2) is 15.0 Å². The monoisotopic (exact) mass is 216 g/mol. The quantitative estimate of drug-likeness (QED) is 0.745. The summed E-state index contributed by atoms with van der Waals surface area (Å²) in [5.41, 5.74) is 8.58. The van der Waals surface area contributed by atoms with Crippen LogP contribution in [0.2, 0.25) is 0 Å². The maximum absolute atomic E-state index is 11.1. The molecule has 0 unspecified atom stereocenters. The van der Waals surface area contributed by atoms with Crippen molar-refractivity contribution in [2.45, 2.75) is 13.8 Å². The van der Waals surface area contributed by atoms with Crippen LogP contribution in [-0.2, 0) is 0 Å². The minimum Gasteiger partial charge on any atom is -0.394 e. The number of H-pyrrole nitrogens is 1. The van der Waals surface area contributed by atoms with Crippen molar-refractivity contribution in [3.05, 3.63) is 40.2 Å². The van der Waals surface area contributed by atoms with Crippen LogP contribution in [0.5, 0.6) is 0 Å². The first-order chi connectivity index (χ1) is 7.58. The van der Waals surface area contributed by atoms with Gasteiger partial charge in [-0.05, 0) is 19.9 Å². The average molecular weight is 216 g/mol. The van der Waals surface area contributed by atoms with E-state index in [1.807, 2.05) is 13.8 Å². The highest BCUT2D eigenvalue weighted by Gasteiger charge is 2.06. The Hall–Kier alpha value is -2.17. The van der Waals surface area contributed by atoms with Crippen LogP contribution in [0.4, 0.5) is 5.69 Å². The van der Waals surface area contributed by atoms with Gasteiger partial charge < -0.3 is 10.7 Å². The molecule has 2 aromatic heterocycles. The molecule has 0 aliphatic heterocycles. The summed E-state index contributed by atoms with van der Waals surface area (Å²) < 4.78 is 0. The predicted octanol–water partition coefficient (Wildman–Crippen LogP) is 1.03. The SMILES string of the molecule is Cc1cnc(C)c(-c2c[nH]c(=O)c(N)c2)n1. The summed E-state index contributed by atoms with van der Waals surface area (Å²) in [4.78, 5) is 22.3. The first-order valence-electron chi connectivity index (χ1n) is 4.87. The smallest absolute Gasteiger partial charge is 0.271 e. The number of nitrogens with one attached hydrogen (secondary N) is 1. The molecule has 0 saturated carbocycles. The number of aryl methyl sites for hydroxylation is 2. The topological polar surface area (TPSA) is 84.7 Å². The molecule has 0 aliphatic rings. The number of aromatic nitrogens is 3. The lowest BCUT2D eigenvalue weighted by Crippen LogP contribution is -2.11. The molecule has 0 aromatic carbocycles. The van der Waals surface area contributed by atoms with Gasteiger partial charge in [0, 0.05) is 18.0 Å². The highest BCUT2D eigenvalue weighted by atomic mass is 16.1. The third-order valence-corrected chi connectivity index (χ3v) is 2.28. The molecule has 16 heavy (non-hydrogen) atoms. The molecular formula is C11H12N4O. The van der Waals surface area contributed by atoms with E-state index < -0.39 is 0 Å². The molecule has 0 fully saturated rings. The molecule has 0 saturated heterocycles. The highest BCUT2D eigenvalue weighted by Crippen LogP contribution is 2.19. The van der Waals surface area contributed by atoms with E-state index in [0.29, 0.717) is 0 Å². The van der Waals surface area contributed by atoms with Gasteiger partial charge in [0.05, 0.1) is 22.8 Å². The fraction of sp³-hybridized carbons (Fsp3) is 0.182. The number of anilines is 1. The number of hydrogen-bond acceptors (Lipinski definition) is 4. The summed E-state index contributed by atoms with van der Waals surface area (Å²) in [6.45, 7) is 3.73. The minimum absolute atomic E-state index is 0.181. The van der Waals surface area contributed by atoms with Crippen molar-refractivity contribution in [3.63, 3.8) is 0 Å². The van der Waals surface area contributed by atoms with Crippen molar-refractivity contribution < 1.29 is 0 Å². The van der Waals surface area contributed by atoms with Crippen molar-refractivity contribution in [1.29, 1.82) is 0 Å². The number of aromatic amines is 1. The summed E-state index contributed by atoms with van der Waals surface area (Å²) in [5.74, 6) is 0. The van der Waals surface area contributed by atoms with Gasteiger partial charge in [0.15, 0.2) is 0 Å². The number of nitrogens with two attached hydrogens (primary N) is 1. The summed E-state index contributed by atoms with van der Waals surface area (Å²) in [6, 6.07) is 1.61. The largest absolute Gasteiger partial charge is 0.394 e. The summed E-state index contributed by atoms with van der Waals surface area (Å²) >= 11 is 0. The normalized spacial score (nSPS) is 10.4. The van der Waals surface area contributed by atoms with E-state index in [1.54, 1.807) is 18.5 Å². The second kappa shape index (κ2) is 3.77. The Morgan fingerprint density at radius 1 is 1.38 bits per heavy atom. The van der Waals surface area contributed by atoms with Gasteiger partial charge in [0.25, 0.3) is 5.56 Å². The fourth-order valence-corrected chi connectivity index (χ4v) is 1.45. The zero-order chi connectivity index (χ0) is 11.7. The van der Waals surface area contributed by atoms with Gasteiger partial charge in [-0.15, -0.1) is 0 Å². The molecule has 2 rings (SSSR count). The van der Waals surface area contributed by atoms with Crippen LogP contribution in [0.25, 0.3) is 11.3 Å². The third kappa shape index (κ3) is 1.79. The van der Waals surface area contributed by atoms with Gasteiger partial charge >= 0.3 is 0 Å². The molecule has 0 radical (unpaired) electrons. The molecule has 0 bridgehead atoms. The first-order valence-corrected chi connectivity index (χ1v) is 4.87. The second-order valence-electron chi connectivity index (χ2n) is 3.62. The van der Waals surface area contributed by atoms with Crippen LogP contribution in [0.15, 0.2) is 23.3 Å². The van der Waals surface area contributed by atoms with E-state index in [4.69, 9.17) is 5.73 Å². The number of hydrogen-bond donors (Lipinski definition) is 2. The maximum atomic E-state index is 11.1. The van der Waals surface area contributed by atoms with E-state index in [1.165, 1.54) is 0 Å². The zero-order valence-corrected chi connectivity index (χ0v) is 9.11. The number of nitrogen functional groups attached to an aromatic ring is 1. The van der Waals surface area contributed by atoms with Gasteiger partial charge in [-0.25, -0.2) is 4.98 Å². The number of nitrogens with zero attached hydrogens (tertiary/aromatic N) is 2. The van der Waals surface area contributed by atoms with Gasteiger partial charge in [-0.1, -0.05) is 0 Å². The van der Waals surface area contributed by atoms with E-state index in [9.17, 15) is 4.79 Å². The first kappa shape index (κ1) is 10.4. The van der Waals surface area contributed by atoms with E-state index in [0.717, 1.165) is 22.6 Å². The van der Waals surface area contributed by atoms with Gasteiger partial charge in [0.2, 0.25) is 0 Å². The second-order valence-corrected chi connectivity index (χ2v) is 3.62. The Morgan fingerprint density at radius 2 is 2.12 bits per heavy atom. The van der Waals surface area contributed by atoms with Gasteiger partial charge in [-0.3, -0.25) is 9.78 Å². The Kier molecular flexibility index (Phi) is 2.44. The standard InChI is InChI=1S/C11H12N4O/c1-6-4-13-7(2)10(15-6)8-3-9(12)11(16)14-5-8/h3-5H,12H2,1-2H3,(H,14,16). The van der Waals surface area contributed by atoms with Crippen LogP contribution in [0.1, 0.15) is 11.4 Å². The number of rotatable bonds is 1. The fourth-order valence-electron chi connectivity index (χ4n) is 1.45. The van der Waals surface area contributed by atoms with Crippen molar-refractivity contribution in [3.8, 4) is 11.3 Å². The third-order valence-electron chi connectivity index (χ3n) is 2.28. The summed E-state index contributed by atoms with van der Waals surface area (Å²) in [6.07, 6.45) is 3.29. The van der Waals surface area contributed by atoms with Crippen molar-refractivity contribution in [2.75, 3.05) is 5.73 Å². The molecule has 0 aliphatic carbocycles. The Balaban J connectivity index is 2.62. The van der Waals surface area contributed by atoms with Crippen LogP contribution in [0, 0.1) is 13.8 Å². The molecule has 82 valence electrons. The van der Waals surface area contributed by atoms with Crippen molar-refractivity contribution in [2.24, 2.45) is 0 Å². The summed E-state index contributed by atoms with van der Waals surface area (Å²) in [7, 11) is 0. The molecular weight excluding hydrogens is 204 g/mol. The zero-order valence-electron chi connectivity index (χ0n) is 9.11. The van der Waals surface area contributed by atoms with Crippen molar-refractivity contribution in [1.82, 2.24) is 15.0 Å². The van der Waals surface area contributed by atoms with E-state index >= 15 is 0 Å². The lowest BCUT2D eigenvalue weighted by molar-refractivity contribution is 1.06. The van der Waals surface area contributed by atoms with Gasteiger partial charge in [0.1, 0.15) is 0 Å². The van der Waals surface area contributed by atoms with E-state index in [2.05, 4.69) is 15.0 Å². The Labute approximate surface area is 92.4 Å².